The molecule has 31 heavy (non-hydrogen) atoms. The minimum Gasteiger partial charge on any atom is -0.325 e. The summed E-state index contributed by atoms with van der Waals surface area (Å²) >= 11 is 2.47. The van der Waals surface area contributed by atoms with Gasteiger partial charge in [-0.2, -0.15) is 0 Å². The number of carbonyl (C=O) groups is 1. The van der Waals surface area contributed by atoms with Gasteiger partial charge in [-0.3, -0.25) is 18.7 Å². The maximum absolute atomic E-state index is 13.3. The van der Waals surface area contributed by atoms with E-state index in [1.807, 2.05) is 17.5 Å². The quantitative estimate of drug-likeness (QED) is 0.365. The first-order valence-electron chi connectivity index (χ1n) is 9.05. The molecule has 0 aliphatic rings. The summed E-state index contributed by atoms with van der Waals surface area (Å²) in [6.45, 7) is 0. The monoisotopic (exact) mass is 457 g/mol. The van der Waals surface area contributed by atoms with E-state index in [2.05, 4.69) is 15.3 Å². The average molecular weight is 458 g/mol. The van der Waals surface area contributed by atoms with Gasteiger partial charge in [0.05, 0.1) is 10.6 Å². The van der Waals surface area contributed by atoms with Gasteiger partial charge in [0.15, 0.2) is 11.5 Å². The molecular formula is C20H16FN5O3S2. The number of amides is 1. The number of rotatable bonds is 5. The molecule has 0 spiro atoms. The molecule has 4 aromatic rings. The molecule has 3 aromatic heterocycles. The molecule has 0 aliphatic heterocycles. The van der Waals surface area contributed by atoms with Crippen LogP contribution in [-0.2, 0) is 18.9 Å². The number of carbonyl (C=O) groups excluding carboxylic acids is 1. The number of benzene rings is 1. The van der Waals surface area contributed by atoms with E-state index in [4.69, 9.17) is 0 Å². The Bertz CT molecular complexity index is 1410. The van der Waals surface area contributed by atoms with Crippen molar-refractivity contribution in [2.45, 2.75) is 5.03 Å². The normalized spacial score (nSPS) is 11.1. The summed E-state index contributed by atoms with van der Waals surface area (Å²) in [6, 6.07) is 9.23. The Balaban J connectivity index is 1.74. The summed E-state index contributed by atoms with van der Waals surface area (Å²) in [5.41, 5.74) is -0.521. The Morgan fingerprint density at radius 1 is 1.16 bits per heavy atom. The van der Waals surface area contributed by atoms with E-state index in [9.17, 15) is 18.8 Å². The molecule has 1 N–H and O–H groups in total. The zero-order valence-corrected chi connectivity index (χ0v) is 18.1. The van der Waals surface area contributed by atoms with Crippen molar-refractivity contribution in [3.63, 3.8) is 0 Å². The molecule has 0 bridgehead atoms. The van der Waals surface area contributed by atoms with Crippen molar-refractivity contribution in [1.82, 2.24) is 19.1 Å². The molecule has 11 heteroatoms. The largest absolute Gasteiger partial charge is 0.332 e. The van der Waals surface area contributed by atoms with Crippen molar-refractivity contribution < 1.29 is 9.18 Å². The maximum Gasteiger partial charge on any atom is 0.332 e. The van der Waals surface area contributed by atoms with Crippen LogP contribution in [-0.4, -0.2) is 30.8 Å². The van der Waals surface area contributed by atoms with E-state index >= 15 is 0 Å². The molecule has 158 valence electrons. The summed E-state index contributed by atoms with van der Waals surface area (Å²) in [4.78, 5) is 47.3. The summed E-state index contributed by atoms with van der Waals surface area (Å²) in [7, 11) is 2.91. The topological polar surface area (TPSA) is 98.9 Å². The number of thioether (sulfide) groups is 1. The van der Waals surface area contributed by atoms with Crippen LogP contribution in [0.1, 0.15) is 0 Å². The van der Waals surface area contributed by atoms with Crippen molar-refractivity contribution in [3.05, 3.63) is 68.4 Å². The number of anilines is 1. The van der Waals surface area contributed by atoms with Gasteiger partial charge >= 0.3 is 5.69 Å². The van der Waals surface area contributed by atoms with Crippen LogP contribution in [0, 0.1) is 5.82 Å². The van der Waals surface area contributed by atoms with Crippen molar-refractivity contribution in [1.29, 1.82) is 0 Å². The fraction of sp³-hybridized carbons (Fsp3) is 0.150. The van der Waals surface area contributed by atoms with Crippen LogP contribution in [0.25, 0.3) is 21.7 Å². The predicted octanol–water partition coefficient (Wildman–Crippen LogP) is 2.63. The fourth-order valence-electron chi connectivity index (χ4n) is 2.95. The van der Waals surface area contributed by atoms with Crippen molar-refractivity contribution >= 4 is 45.7 Å². The average Bonchev–Trinajstić information content (AvgIpc) is 3.29. The van der Waals surface area contributed by atoms with Gasteiger partial charge < -0.3 is 5.32 Å². The van der Waals surface area contributed by atoms with Gasteiger partial charge in [0.25, 0.3) is 5.56 Å². The number of fused-ring (bicyclic) bond motifs is 1. The zero-order valence-electron chi connectivity index (χ0n) is 16.5. The highest BCUT2D eigenvalue weighted by Gasteiger charge is 2.19. The van der Waals surface area contributed by atoms with Gasteiger partial charge in [0, 0.05) is 19.8 Å². The second-order valence-corrected chi connectivity index (χ2v) is 8.49. The molecule has 0 saturated heterocycles. The van der Waals surface area contributed by atoms with Gasteiger partial charge in [-0.1, -0.05) is 23.9 Å². The Hall–Kier alpha value is -3.31. The van der Waals surface area contributed by atoms with Gasteiger partial charge in [0.2, 0.25) is 5.91 Å². The summed E-state index contributed by atoms with van der Waals surface area (Å²) < 4.78 is 15.6. The lowest BCUT2D eigenvalue weighted by atomic mass is 10.3. The first-order valence-corrected chi connectivity index (χ1v) is 10.9. The van der Waals surface area contributed by atoms with Gasteiger partial charge in [-0.15, -0.1) is 11.3 Å². The number of nitrogens with zero attached hydrogens (tertiary/aromatic N) is 4. The number of thiophene rings is 1. The number of nitrogens with one attached hydrogen (secondary N) is 1. The van der Waals surface area contributed by atoms with E-state index < -0.39 is 17.1 Å². The summed E-state index contributed by atoms with van der Waals surface area (Å²) in [6.07, 6.45) is 0. The number of hydrogen-bond acceptors (Lipinski definition) is 7. The van der Waals surface area contributed by atoms with Crippen molar-refractivity contribution in [2.75, 3.05) is 11.1 Å². The van der Waals surface area contributed by atoms with Crippen LogP contribution in [0.4, 0.5) is 10.1 Å². The van der Waals surface area contributed by atoms with Gasteiger partial charge in [0.1, 0.15) is 16.2 Å². The van der Waals surface area contributed by atoms with Crippen LogP contribution in [0.2, 0.25) is 0 Å². The molecule has 0 saturated carbocycles. The fourth-order valence-corrected chi connectivity index (χ4v) is 4.42. The smallest absolute Gasteiger partial charge is 0.325 e. The van der Waals surface area contributed by atoms with Crippen LogP contribution >= 0.6 is 23.1 Å². The van der Waals surface area contributed by atoms with Gasteiger partial charge in [-0.05, 0) is 29.6 Å². The van der Waals surface area contributed by atoms with Crippen LogP contribution < -0.4 is 16.6 Å². The number of aromatic nitrogens is 4. The third-order valence-corrected chi connectivity index (χ3v) is 6.30. The highest BCUT2D eigenvalue weighted by atomic mass is 32.2. The first kappa shape index (κ1) is 20.9. The lowest BCUT2D eigenvalue weighted by Crippen LogP contribution is -2.37. The third kappa shape index (κ3) is 4.14. The van der Waals surface area contributed by atoms with Crippen molar-refractivity contribution in [3.8, 4) is 10.7 Å². The summed E-state index contributed by atoms with van der Waals surface area (Å²) in [5, 5.41) is 4.93. The summed E-state index contributed by atoms with van der Waals surface area (Å²) in [5.74, 6) is -0.559. The molecule has 0 atom stereocenters. The Morgan fingerprint density at radius 2 is 1.97 bits per heavy atom. The molecular weight excluding hydrogens is 441 g/mol. The third-order valence-electron chi connectivity index (χ3n) is 4.46. The molecule has 0 fully saturated rings. The standard InChI is InChI=1S/C20H16FN5O3S2/c1-25-17-15(19(28)26(2)20(25)29)18(24-16(23-17)13-7-4-8-30-13)31-10-14(27)22-12-6-3-5-11(21)9-12/h3-9H,10H2,1-2H3,(H,22,27). The van der Waals surface area contributed by atoms with E-state index in [1.165, 1.54) is 48.2 Å². The highest BCUT2D eigenvalue weighted by molar-refractivity contribution is 8.00. The lowest BCUT2D eigenvalue weighted by molar-refractivity contribution is -0.113. The molecule has 4 rings (SSSR count). The second kappa shape index (κ2) is 8.44. The molecule has 0 aliphatic carbocycles. The Morgan fingerprint density at radius 3 is 2.68 bits per heavy atom. The minimum atomic E-state index is -0.538. The van der Waals surface area contributed by atoms with E-state index in [-0.39, 0.29) is 22.7 Å². The number of halogens is 1. The molecule has 8 nitrogen and oxygen atoms in total. The number of aryl methyl sites for hydroxylation is 1. The number of hydrogen-bond donors (Lipinski definition) is 1. The molecule has 0 radical (unpaired) electrons. The Labute approximate surface area is 183 Å². The van der Waals surface area contributed by atoms with Crippen molar-refractivity contribution in [2.24, 2.45) is 14.1 Å². The SMILES string of the molecule is Cn1c(=O)c2c(SCC(=O)Nc3cccc(F)c3)nc(-c3cccs3)nc2n(C)c1=O. The Kier molecular flexibility index (Phi) is 5.70. The van der Waals surface area contributed by atoms with Gasteiger partial charge in [-0.25, -0.2) is 19.2 Å². The lowest BCUT2D eigenvalue weighted by Gasteiger charge is -2.11. The van der Waals surface area contributed by atoms with Crippen LogP contribution in [0.15, 0.2) is 56.4 Å². The van der Waals surface area contributed by atoms with E-state index in [1.54, 1.807) is 6.07 Å². The van der Waals surface area contributed by atoms with E-state index in [0.717, 1.165) is 21.2 Å². The molecule has 3 heterocycles. The second-order valence-electron chi connectivity index (χ2n) is 6.58. The minimum absolute atomic E-state index is 0.0709. The zero-order chi connectivity index (χ0) is 22.1. The molecule has 1 amide bonds. The molecule has 1 aromatic carbocycles. The maximum atomic E-state index is 13.3. The van der Waals surface area contributed by atoms with Crippen LogP contribution in [0.3, 0.4) is 0 Å². The highest BCUT2D eigenvalue weighted by Crippen LogP contribution is 2.28. The molecule has 0 unspecified atom stereocenters. The predicted molar refractivity (Wildman–Crippen MR) is 119 cm³/mol. The van der Waals surface area contributed by atoms with E-state index in [0.29, 0.717) is 16.5 Å². The first-order chi connectivity index (χ1) is 14.8. The van der Waals surface area contributed by atoms with Crippen LogP contribution in [0.5, 0.6) is 0 Å².